The van der Waals surface area contributed by atoms with E-state index in [1.807, 2.05) is 36.4 Å². The van der Waals surface area contributed by atoms with Gasteiger partial charge in [-0.2, -0.15) is 0 Å². The molecule has 5 unspecified atom stereocenters. The van der Waals surface area contributed by atoms with Crippen LogP contribution in [0.15, 0.2) is 43.0 Å². The van der Waals surface area contributed by atoms with Crippen molar-refractivity contribution in [2.75, 3.05) is 19.8 Å². The molecule has 0 N–H and O–H groups in total. The highest BCUT2D eigenvalue weighted by molar-refractivity contribution is 5.66. The third-order valence-corrected chi connectivity index (χ3v) is 5.25. The molecule has 172 valence electrons. The zero-order chi connectivity index (χ0) is 21.9. The van der Waals surface area contributed by atoms with Crippen molar-refractivity contribution < 1.29 is 33.2 Å². The van der Waals surface area contributed by atoms with Gasteiger partial charge in [0, 0.05) is 20.0 Å². The summed E-state index contributed by atoms with van der Waals surface area (Å²) in [5, 5.41) is 0. The minimum absolute atomic E-state index is 0.158. The number of esters is 1. The zero-order valence-electron chi connectivity index (χ0n) is 18.3. The summed E-state index contributed by atoms with van der Waals surface area (Å²) < 4.78 is 35.3. The second-order valence-electron chi connectivity index (χ2n) is 7.86. The van der Waals surface area contributed by atoms with Crippen LogP contribution < -0.4 is 0 Å². The molecular weight excluding hydrogens is 400 g/mol. The van der Waals surface area contributed by atoms with Gasteiger partial charge in [-0.05, 0) is 31.2 Å². The molecule has 2 aliphatic rings. The lowest BCUT2D eigenvalue weighted by atomic mass is 10.1. The third-order valence-electron chi connectivity index (χ3n) is 5.25. The van der Waals surface area contributed by atoms with Crippen LogP contribution in [0.5, 0.6) is 0 Å². The van der Waals surface area contributed by atoms with Gasteiger partial charge in [-0.25, -0.2) is 0 Å². The van der Waals surface area contributed by atoms with Gasteiger partial charge in [-0.15, -0.1) is 6.58 Å². The Labute approximate surface area is 184 Å². The van der Waals surface area contributed by atoms with Gasteiger partial charge in [0.1, 0.15) is 6.10 Å². The van der Waals surface area contributed by atoms with Crippen LogP contribution in [-0.4, -0.2) is 56.7 Å². The van der Waals surface area contributed by atoms with E-state index in [0.717, 1.165) is 31.2 Å². The molecule has 1 aromatic carbocycles. The van der Waals surface area contributed by atoms with Gasteiger partial charge >= 0.3 is 5.97 Å². The number of carbonyl (C=O) groups is 1. The van der Waals surface area contributed by atoms with Gasteiger partial charge in [0.25, 0.3) is 0 Å². The molecule has 31 heavy (non-hydrogen) atoms. The Morgan fingerprint density at radius 1 is 1.16 bits per heavy atom. The number of hydrogen-bond acceptors (Lipinski definition) is 7. The summed E-state index contributed by atoms with van der Waals surface area (Å²) >= 11 is 0. The van der Waals surface area contributed by atoms with Crippen LogP contribution in [0.1, 0.15) is 44.6 Å². The number of allylic oxidation sites excluding steroid dienone is 1. The van der Waals surface area contributed by atoms with E-state index in [1.165, 1.54) is 6.92 Å². The molecule has 2 fully saturated rings. The number of ether oxygens (including phenoxy) is 6. The fraction of sp³-hybridized carbons (Fsp3) is 0.625. The lowest BCUT2D eigenvalue weighted by Crippen LogP contribution is -2.49. The summed E-state index contributed by atoms with van der Waals surface area (Å²) in [5.74, 6) is -0.369. The second kappa shape index (κ2) is 12.9. The van der Waals surface area contributed by atoms with Crippen molar-refractivity contribution in [1.82, 2.24) is 0 Å². The SMILES string of the molecule is C=CCCCOC1OCC(OC2OCCCC2OCc2ccccc2)CC1OC(C)=O. The molecule has 0 aromatic heterocycles. The molecule has 2 aliphatic heterocycles. The summed E-state index contributed by atoms with van der Waals surface area (Å²) in [6.07, 6.45) is 3.80. The Bertz CT molecular complexity index is 665. The van der Waals surface area contributed by atoms with Gasteiger partial charge in [0.15, 0.2) is 18.7 Å². The van der Waals surface area contributed by atoms with E-state index in [9.17, 15) is 4.79 Å². The van der Waals surface area contributed by atoms with Gasteiger partial charge in [0.2, 0.25) is 0 Å². The molecule has 0 radical (unpaired) electrons. The molecule has 0 aliphatic carbocycles. The van der Waals surface area contributed by atoms with Crippen LogP contribution in [0.25, 0.3) is 0 Å². The second-order valence-corrected chi connectivity index (χ2v) is 7.86. The first kappa shape index (κ1) is 23.9. The Hall–Kier alpha value is -1.77. The number of rotatable bonds is 11. The fourth-order valence-corrected chi connectivity index (χ4v) is 3.73. The smallest absolute Gasteiger partial charge is 0.303 e. The number of unbranched alkanes of at least 4 members (excludes halogenated alkanes) is 1. The lowest BCUT2D eigenvalue weighted by Gasteiger charge is -2.39. The molecule has 7 heteroatoms. The monoisotopic (exact) mass is 434 g/mol. The molecule has 3 rings (SSSR count). The molecular formula is C24H34O7. The number of benzene rings is 1. The van der Waals surface area contributed by atoms with Crippen LogP contribution in [0, 0.1) is 0 Å². The van der Waals surface area contributed by atoms with E-state index in [2.05, 4.69) is 6.58 Å². The van der Waals surface area contributed by atoms with Crippen molar-refractivity contribution in [2.45, 2.75) is 76.5 Å². The molecule has 5 atom stereocenters. The van der Waals surface area contributed by atoms with E-state index in [4.69, 9.17) is 28.4 Å². The van der Waals surface area contributed by atoms with Crippen LogP contribution in [0.4, 0.5) is 0 Å². The molecule has 2 saturated heterocycles. The maximum Gasteiger partial charge on any atom is 0.303 e. The number of carbonyl (C=O) groups excluding carboxylic acids is 1. The van der Waals surface area contributed by atoms with E-state index >= 15 is 0 Å². The fourth-order valence-electron chi connectivity index (χ4n) is 3.73. The van der Waals surface area contributed by atoms with Gasteiger partial charge in [-0.1, -0.05) is 36.4 Å². The highest BCUT2D eigenvalue weighted by Gasteiger charge is 2.38. The van der Waals surface area contributed by atoms with Gasteiger partial charge in [-0.3, -0.25) is 4.79 Å². The predicted molar refractivity (Wildman–Crippen MR) is 114 cm³/mol. The van der Waals surface area contributed by atoms with Crippen molar-refractivity contribution >= 4 is 5.97 Å². The van der Waals surface area contributed by atoms with Crippen LogP contribution in [-0.2, 0) is 39.8 Å². The molecule has 0 saturated carbocycles. The molecule has 7 nitrogen and oxygen atoms in total. The van der Waals surface area contributed by atoms with Crippen LogP contribution >= 0.6 is 0 Å². The maximum absolute atomic E-state index is 11.6. The molecule has 0 bridgehead atoms. The van der Waals surface area contributed by atoms with Crippen molar-refractivity contribution in [2.24, 2.45) is 0 Å². The quantitative estimate of drug-likeness (QED) is 0.298. The summed E-state index contributed by atoms with van der Waals surface area (Å²) in [5.41, 5.74) is 1.11. The summed E-state index contributed by atoms with van der Waals surface area (Å²) in [6.45, 7) is 7.09. The van der Waals surface area contributed by atoms with Crippen LogP contribution in [0.3, 0.4) is 0 Å². The van der Waals surface area contributed by atoms with Crippen molar-refractivity contribution in [3.05, 3.63) is 48.6 Å². The van der Waals surface area contributed by atoms with Crippen molar-refractivity contribution in [3.63, 3.8) is 0 Å². The first-order chi connectivity index (χ1) is 15.2. The van der Waals surface area contributed by atoms with Crippen LogP contribution in [0.2, 0.25) is 0 Å². The highest BCUT2D eigenvalue weighted by atomic mass is 16.7. The largest absolute Gasteiger partial charge is 0.457 e. The minimum Gasteiger partial charge on any atom is -0.457 e. The van der Waals surface area contributed by atoms with E-state index < -0.39 is 18.7 Å². The Balaban J connectivity index is 1.52. The Morgan fingerprint density at radius 2 is 2.00 bits per heavy atom. The Kier molecular flexibility index (Phi) is 9.96. The van der Waals surface area contributed by atoms with Crippen molar-refractivity contribution in [3.8, 4) is 0 Å². The first-order valence-corrected chi connectivity index (χ1v) is 11.1. The highest BCUT2D eigenvalue weighted by Crippen LogP contribution is 2.26. The first-order valence-electron chi connectivity index (χ1n) is 11.1. The van der Waals surface area contributed by atoms with E-state index in [-0.39, 0.29) is 18.2 Å². The van der Waals surface area contributed by atoms with E-state index in [1.54, 1.807) is 0 Å². The van der Waals surface area contributed by atoms with E-state index in [0.29, 0.717) is 32.8 Å². The molecule has 2 heterocycles. The molecule has 0 amide bonds. The normalized spacial score (nSPS) is 28.7. The summed E-state index contributed by atoms with van der Waals surface area (Å²) in [4.78, 5) is 11.6. The zero-order valence-corrected chi connectivity index (χ0v) is 18.3. The molecule has 0 spiro atoms. The average molecular weight is 435 g/mol. The summed E-state index contributed by atoms with van der Waals surface area (Å²) in [7, 11) is 0. The third kappa shape index (κ3) is 8.01. The van der Waals surface area contributed by atoms with Gasteiger partial charge < -0.3 is 28.4 Å². The topological polar surface area (TPSA) is 72.5 Å². The lowest BCUT2D eigenvalue weighted by molar-refractivity contribution is -0.292. The predicted octanol–water partition coefficient (Wildman–Crippen LogP) is 3.75. The minimum atomic E-state index is -0.592. The average Bonchev–Trinajstić information content (AvgIpc) is 2.78. The maximum atomic E-state index is 11.6. The Morgan fingerprint density at radius 3 is 2.77 bits per heavy atom. The molecule has 1 aromatic rings. The number of hydrogen-bond donors (Lipinski definition) is 0. The summed E-state index contributed by atoms with van der Waals surface area (Å²) in [6, 6.07) is 10.0. The van der Waals surface area contributed by atoms with Gasteiger partial charge in [0.05, 0.1) is 25.9 Å². The van der Waals surface area contributed by atoms with Crippen molar-refractivity contribution in [1.29, 1.82) is 0 Å². The standard InChI is InChI=1S/C24H34O7/c1-3-4-8-13-26-23-22(30-18(2)25)15-20(17-29-23)31-24-21(12-9-14-27-24)28-16-19-10-6-5-7-11-19/h3,5-7,10-11,20-24H,1,4,8-9,12-17H2,2H3.